The van der Waals surface area contributed by atoms with Gasteiger partial charge in [0.2, 0.25) is 0 Å². The van der Waals surface area contributed by atoms with E-state index in [-0.39, 0.29) is 12.0 Å². The molecule has 6 nitrogen and oxygen atoms in total. The second-order valence-corrected chi connectivity index (χ2v) is 3.71. The van der Waals surface area contributed by atoms with Crippen LogP contribution in [0.5, 0.6) is 0 Å². The van der Waals surface area contributed by atoms with Gasteiger partial charge in [0, 0.05) is 6.20 Å². The highest BCUT2D eigenvalue weighted by Gasteiger charge is 2.18. The minimum Gasteiger partial charge on any atom is -0.334 e. The molecule has 1 atom stereocenters. The van der Waals surface area contributed by atoms with Crippen LogP contribution in [0.3, 0.4) is 0 Å². The molecule has 3 N–H and O–H groups in total. The third-order valence-corrected chi connectivity index (χ3v) is 2.20. The van der Waals surface area contributed by atoms with Crippen molar-refractivity contribution in [3.05, 3.63) is 18.2 Å². The van der Waals surface area contributed by atoms with Crippen molar-refractivity contribution in [2.45, 2.75) is 19.9 Å². The lowest BCUT2D eigenvalue weighted by Gasteiger charge is -2.09. The molecule has 0 bridgehead atoms. The standard InChI is InChI=1S/C9H13N5O/c1-5(2)7(10)8-13-9(15-14-8)6-3-11-12-4-6/h3-5,7H,10H2,1-2H3,(H,11,12). The number of nitrogens with zero attached hydrogens (tertiary/aromatic N) is 3. The number of hydrogen-bond acceptors (Lipinski definition) is 5. The number of aromatic amines is 1. The fourth-order valence-corrected chi connectivity index (χ4v) is 1.15. The highest BCUT2D eigenvalue weighted by atomic mass is 16.5. The Morgan fingerprint density at radius 2 is 2.27 bits per heavy atom. The summed E-state index contributed by atoms with van der Waals surface area (Å²) in [5.41, 5.74) is 6.66. The molecule has 0 aliphatic rings. The van der Waals surface area contributed by atoms with E-state index in [1.54, 1.807) is 12.4 Å². The Balaban J connectivity index is 2.25. The molecule has 0 saturated heterocycles. The maximum Gasteiger partial charge on any atom is 0.261 e. The van der Waals surface area contributed by atoms with Crippen LogP contribution in [0.1, 0.15) is 25.7 Å². The van der Waals surface area contributed by atoms with Crippen LogP contribution in [0.4, 0.5) is 0 Å². The van der Waals surface area contributed by atoms with Gasteiger partial charge in [-0.05, 0) is 5.92 Å². The van der Waals surface area contributed by atoms with E-state index in [1.165, 1.54) is 0 Å². The molecule has 0 radical (unpaired) electrons. The molecule has 15 heavy (non-hydrogen) atoms. The predicted octanol–water partition coefficient (Wildman–Crippen LogP) is 1.12. The Hall–Kier alpha value is -1.69. The van der Waals surface area contributed by atoms with Crippen molar-refractivity contribution in [1.29, 1.82) is 0 Å². The molecule has 2 aromatic rings. The Bertz CT molecular complexity index is 419. The minimum absolute atomic E-state index is 0.200. The summed E-state index contributed by atoms with van der Waals surface area (Å²) in [5, 5.41) is 10.3. The molecular formula is C9H13N5O. The van der Waals surface area contributed by atoms with E-state index in [0.29, 0.717) is 11.7 Å². The molecule has 0 amide bonds. The van der Waals surface area contributed by atoms with Crippen LogP contribution in [0.25, 0.3) is 11.5 Å². The smallest absolute Gasteiger partial charge is 0.261 e. The van der Waals surface area contributed by atoms with Crippen molar-refractivity contribution in [1.82, 2.24) is 20.3 Å². The van der Waals surface area contributed by atoms with Gasteiger partial charge in [0.1, 0.15) is 0 Å². The zero-order valence-corrected chi connectivity index (χ0v) is 8.64. The molecule has 0 aliphatic heterocycles. The van der Waals surface area contributed by atoms with E-state index < -0.39 is 0 Å². The molecular weight excluding hydrogens is 194 g/mol. The van der Waals surface area contributed by atoms with Crippen molar-refractivity contribution in [3.63, 3.8) is 0 Å². The number of nitrogens with two attached hydrogens (primary N) is 1. The minimum atomic E-state index is -0.200. The highest BCUT2D eigenvalue weighted by Crippen LogP contribution is 2.20. The van der Waals surface area contributed by atoms with Crippen LogP contribution < -0.4 is 5.73 Å². The normalized spacial score (nSPS) is 13.3. The van der Waals surface area contributed by atoms with Gasteiger partial charge in [-0.1, -0.05) is 19.0 Å². The SMILES string of the molecule is CC(C)C(N)c1noc(-c2cn[nH]c2)n1. The van der Waals surface area contributed by atoms with Crippen molar-refractivity contribution in [2.75, 3.05) is 0 Å². The Kier molecular flexibility index (Phi) is 2.51. The Morgan fingerprint density at radius 1 is 1.47 bits per heavy atom. The topological polar surface area (TPSA) is 93.6 Å². The number of rotatable bonds is 3. The van der Waals surface area contributed by atoms with E-state index >= 15 is 0 Å². The third-order valence-electron chi connectivity index (χ3n) is 2.20. The molecule has 0 fully saturated rings. The van der Waals surface area contributed by atoms with Gasteiger partial charge in [0.05, 0.1) is 17.8 Å². The van der Waals surface area contributed by atoms with Gasteiger partial charge in [-0.15, -0.1) is 0 Å². The summed E-state index contributed by atoms with van der Waals surface area (Å²) in [4.78, 5) is 4.21. The average Bonchev–Trinajstić information content (AvgIpc) is 2.86. The summed E-state index contributed by atoms with van der Waals surface area (Å²) in [6, 6.07) is -0.200. The van der Waals surface area contributed by atoms with Gasteiger partial charge >= 0.3 is 0 Å². The molecule has 2 heterocycles. The van der Waals surface area contributed by atoms with Crippen LogP contribution in [-0.2, 0) is 0 Å². The first kappa shape index (κ1) is 9.85. The van der Waals surface area contributed by atoms with Crippen LogP contribution in [-0.4, -0.2) is 20.3 Å². The summed E-state index contributed by atoms with van der Waals surface area (Å²) in [6.45, 7) is 4.02. The number of H-pyrrole nitrogens is 1. The molecule has 2 aromatic heterocycles. The zero-order chi connectivity index (χ0) is 10.8. The summed E-state index contributed by atoms with van der Waals surface area (Å²) in [7, 11) is 0. The number of hydrogen-bond donors (Lipinski definition) is 2. The number of nitrogens with one attached hydrogen (secondary N) is 1. The van der Waals surface area contributed by atoms with E-state index in [2.05, 4.69) is 20.3 Å². The molecule has 0 aromatic carbocycles. The second kappa shape index (κ2) is 3.82. The van der Waals surface area contributed by atoms with Crippen LogP contribution >= 0.6 is 0 Å². The van der Waals surface area contributed by atoms with Gasteiger partial charge in [-0.2, -0.15) is 10.1 Å². The first-order valence-corrected chi connectivity index (χ1v) is 4.77. The molecule has 2 rings (SSSR count). The molecule has 0 spiro atoms. The molecule has 6 heteroatoms. The monoisotopic (exact) mass is 207 g/mol. The summed E-state index contributed by atoms with van der Waals surface area (Å²) < 4.78 is 5.08. The molecule has 80 valence electrons. The van der Waals surface area contributed by atoms with E-state index in [1.807, 2.05) is 13.8 Å². The van der Waals surface area contributed by atoms with Gasteiger partial charge in [-0.25, -0.2) is 0 Å². The van der Waals surface area contributed by atoms with Crippen molar-refractivity contribution in [3.8, 4) is 11.5 Å². The summed E-state index contributed by atoms with van der Waals surface area (Å²) >= 11 is 0. The van der Waals surface area contributed by atoms with Gasteiger partial charge in [-0.3, -0.25) is 5.10 Å². The lowest BCUT2D eigenvalue weighted by Crippen LogP contribution is -2.18. The fourth-order valence-electron chi connectivity index (χ4n) is 1.15. The third kappa shape index (κ3) is 1.89. The Labute approximate surface area is 86.9 Å². The molecule has 0 saturated carbocycles. The van der Waals surface area contributed by atoms with Crippen LogP contribution in [0.2, 0.25) is 0 Å². The maximum atomic E-state index is 5.90. The van der Waals surface area contributed by atoms with Crippen LogP contribution in [0, 0.1) is 5.92 Å². The van der Waals surface area contributed by atoms with E-state index in [4.69, 9.17) is 10.3 Å². The summed E-state index contributed by atoms with van der Waals surface area (Å²) in [5.74, 6) is 1.25. The predicted molar refractivity (Wildman–Crippen MR) is 53.6 cm³/mol. The quantitative estimate of drug-likeness (QED) is 0.786. The first-order valence-electron chi connectivity index (χ1n) is 4.77. The maximum absolute atomic E-state index is 5.90. The summed E-state index contributed by atoms with van der Waals surface area (Å²) in [6.07, 6.45) is 3.32. The molecule has 0 aliphatic carbocycles. The average molecular weight is 207 g/mol. The lowest BCUT2D eigenvalue weighted by molar-refractivity contribution is 0.400. The van der Waals surface area contributed by atoms with Gasteiger partial charge in [0.15, 0.2) is 5.82 Å². The fraction of sp³-hybridized carbons (Fsp3) is 0.444. The van der Waals surface area contributed by atoms with Gasteiger partial charge < -0.3 is 10.3 Å². The largest absolute Gasteiger partial charge is 0.334 e. The first-order chi connectivity index (χ1) is 7.18. The van der Waals surface area contributed by atoms with Crippen molar-refractivity contribution >= 4 is 0 Å². The molecule has 1 unspecified atom stereocenters. The lowest BCUT2D eigenvalue weighted by atomic mass is 10.1. The van der Waals surface area contributed by atoms with Crippen molar-refractivity contribution < 1.29 is 4.52 Å². The number of aromatic nitrogens is 4. The van der Waals surface area contributed by atoms with Gasteiger partial charge in [0.25, 0.3) is 5.89 Å². The second-order valence-electron chi connectivity index (χ2n) is 3.71. The Morgan fingerprint density at radius 3 is 2.87 bits per heavy atom. The highest BCUT2D eigenvalue weighted by molar-refractivity contribution is 5.49. The van der Waals surface area contributed by atoms with E-state index in [0.717, 1.165) is 5.56 Å². The van der Waals surface area contributed by atoms with Crippen molar-refractivity contribution in [2.24, 2.45) is 11.7 Å². The zero-order valence-electron chi connectivity index (χ0n) is 8.64. The van der Waals surface area contributed by atoms with Crippen LogP contribution in [0.15, 0.2) is 16.9 Å². The van der Waals surface area contributed by atoms with E-state index in [9.17, 15) is 0 Å².